The lowest BCUT2D eigenvalue weighted by Crippen LogP contribution is -2.54. The zero-order valence-electron chi connectivity index (χ0n) is 21.9. The first-order chi connectivity index (χ1) is 19.2. The van der Waals surface area contributed by atoms with Crippen LogP contribution < -0.4 is 19.7 Å². The number of urea groups is 1. The Morgan fingerprint density at radius 3 is 2.25 bits per heavy atom. The fourth-order valence-electron chi connectivity index (χ4n) is 7.55. The first kappa shape index (κ1) is 26.6. The monoisotopic (exact) mass is 608 g/mol. The summed E-state index contributed by atoms with van der Waals surface area (Å²) in [5.74, 6) is 0.0911. The first-order valence-corrected chi connectivity index (χ1v) is 14.2. The largest absolute Gasteiger partial charge is 0.493 e. The number of barbiturate groups is 1. The van der Waals surface area contributed by atoms with Crippen molar-refractivity contribution in [1.82, 2.24) is 5.32 Å². The predicted octanol–water partition coefficient (Wildman–Crippen LogP) is 5.06. The van der Waals surface area contributed by atoms with Gasteiger partial charge in [0.15, 0.2) is 18.1 Å². The Balaban J connectivity index is 1.27. The van der Waals surface area contributed by atoms with Gasteiger partial charge in [-0.05, 0) is 103 Å². The van der Waals surface area contributed by atoms with Crippen LogP contribution in [0.3, 0.4) is 0 Å². The highest BCUT2D eigenvalue weighted by Crippen LogP contribution is 2.60. The molecule has 1 aliphatic heterocycles. The zero-order valence-corrected chi connectivity index (χ0v) is 23.5. The molecule has 0 atom stereocenters. The van der Waals surface area contributed by atoms with E-state index in [1.165, 1.54) is 69.4 Å². The molecule has 5 aliphatic rings. The minimum Gasteiger partial charge on any atom is -0.493 e. The highest BCUT2D eigenvalue weighted by molar-refractivity contribution is 9.10. The lowest BCUT2D eigenvalue weighted by Gasteiger charge is -2.57. The van der Waals surface area contributed by atoms with E-state index in [9.17, 15) is 19.2 Å². The summed E-state index contributed by atoms with van der Waals surface area (Å²) in [6.07, 6.45) is 9.04. The van der Waals surface area contributed by atoms with E-state index in [1.807, 2.05) is 12.1 Å². The van der Waals surface area contributed by atoms with Crippen LogP contribution >= 0.6 is 15.9 Å². The Bertz CT molecular complexity index is 1410. The Kier molecular flexibility index (Phi) is 6.68. The minimum absolute atomic E-state index is 0.175. The quantitative estimate of drug-likeness (QED) is 0.333. The standard InChI is InChI=1S/C30H29BrN2O7/c1-39-24-10-19(23(31)11-25(24)40-15-26(34)35)9-22-27(36)32-29(38)33(28(22)37)21-4-2-20(3-5-21)30-12-16-6-17(13-30)8-18(7-16)14-30/h2-5,9-11,16-18H,6-8,12-15H2,1H3,(H,34,35)(H,32,36,38)/b22-9+. The van der Waals surface area contributed by atoms with Crippen LogP contribution in [0, 0.1) is 17.8 Å². The number of halogens is 1. The van der Waals surface area contributed by atoms with Crippen LogP contribution in [0.15, 0.2) is 46.4 Å². The summed E-state index contributed by atoms with van der Waals surface area (Å²) < 4.78 is 11.0. The number of imide groups is 2. The van der Waals surface area contributed by atoms with E-state index in [0.717, 1.165) is 22.7 Å². The molecule has 5 fully saturated rings. The number of aliphatic carboxylic acids is 1. The van der Waals surface area contributed by atoms with Crippen LogP contribution in [0.5, 0.6) is 11.5 Å². The van der Waals surface area contributed by atoms with E-state index in [0.29, 0.717) is 15.7 Å². The lowest BCUT2D eigenvalue weighted by molar-refractivity contribution is -0.139. The molecule has 208 valence electrons. The summed E-state index contributed by atoms with van der Waals surface area (Å²) in [6.45, 7) is -0.567. The number of carbonyl (C=O) groups excluding carboxylic acids is 3. The highest BCUT2D eigenvalue weighted by Gasteiger charge is 2.51. The van der Waals surface area contributed by atoms with E-state index in [-0.39, 0.29) is 22.5 Å². The van der Waals surface area contributed by atoms with Gasteiger partial charge in [0.05, 0.1) is 12.8 Å². The van der Waals surface area contributed by atoms with Gasteiger partial charge in [-0.2, -0.15) is 0 Å². The Labute approximate surface area is 239 Å². The van der Waals surface area contributed by atoms with Gasteiger partial charge in [-0.1, -0.05) is 28.1 Å². The molecule has 0 radical (unpaired) electrons. The molecule has 0 spiro atoms. The molecule has 4 bridgehead atoms. The van der Waals surface area contributed by atoms with Crippen molar-refractivity contribution in [3.05, 3.63) is 57.6 Å². The van der Waals surface area contributed by atoms with Crippen molar-refractivity contribution >= 4 is 51.5 Å². The average Bonchev–Trinajstić information content (AvgIpc) is 2.90. The van der Waals surface area contributed by atoms with Crippen LogP contribution in [0.4, 0.5) is 10.5 Å². The lowest BCUT2D eigenvalue weighted by atomic mass is 9.48. The van der Waals surface area contributed by atoms with Gasteiger partial charge in [0.1, 0.15) is 5.57 Å². The van der Waals surface area contributed by atoms with E-state index >= 15 is 0 Å². The maximum atomic E-state index is 13.5. The Morgan fingerprint density at radius 2 is 1.68 bits per heavy atom. The number of carboxylic acids is 1. The number of carbonyl (C=O) groups is 4. The Morgan fingerprint density at radius 1 is 1.05 bits per heavy atom. The first-order valence-electron chi connectivity index (χ1n) is 13.4. The third-order valence-corrected chi connectivity index (χ3v) is 9.50. The highest BCUT2D eigenvalue weighted by atomic mass is 79.9. The molecule has 4 aliphatic carbocycles. The van der Waals surface area contributed by atoms with Crippen molar-refractivity contribution in [2.75, 3.05) is 18.6 Å². The molecule has 10 heteroatoms. The summed E-state index contributed by atoms with van der Waals surface area (Å²) in [7, 11) is 1.39. The van der Waals surface area contributed by atoms with Crippen LogP contribution in [0.25, 0.3) is 6.08 Å². The van der Waals surface area contributed by atoms with Gasteiger partial charge in [-0.15, -0.1) is 0 Å². The van der Waals surface area contributed by atoms with Gasteiger partial charge >= 0.3 is 12.0 Å². The van der Waals surface area contributed by atoms with Crippen molar-refractivity contribution in [1.29, 1.82) is 0 Å². The molecule has 1 heterocycles. The van der Waals surface area contributed by atoms with Crippen molar-refractivity contribution in [3.8, 4) is 11.5 Å². The van der Waals surface area contributed by atoms with Gasteiger partial charge in [-0.3, -0.25) is 14.9 Å². The molecule has 4 amide bonds. The molecular formula is C30H29BrN2O7. The number of hydrogen-bond donors (Lipinski definition) is 2. The molecule has 9 nitrogen and oxygen atoms in total. The molecule has 0 aromatic heterocycles. The van der Waals surface area contributed by atoms with E-state index in [4.69, 9.17) is 14.6 Å². The maximum Gasteiger partial charge on any atom is 0.341 e. The average molecular weight is 609 g/mol. The van der Waals surface area contributed by atoms with Gasteiger partial charge < -0.3 is 14.6 Å². The number of ether oxygens (including phenoxy) is 2. The maximum absolute atomic E-state index is 13.5. The van der Waals surface area contributed by atoms with Crippen LogP contribution in [-0.2, 0) is 19.8 Å². The number of anilines is 1. The number of nitrogens with one attached hydrogen (secondary N) is 1. The van der Waals surface area contributed by atoms with Crippen molar-refractivity contribution < 1.29 is 33.8 Å². The zero-order chi connectivity index (χ0) is 28.2. The van der Waals surface area contributed by atoms with Crippen LogP contribution in [0.2, 0.25) is 0 Å². The number of carboxylic acid groups (broad SMARTS) is 1. The second-order valence-corrected chi connectivity index (χ2v) is 12.3. The number of rotatable bonds is 7. The van der Waals surface area contributed by atoms with Crippen LogP contribution in [-0.4, -0.2) is 42.6 Å². The fourth-order valence-corrected chi connectivity index (χ4v) is 7.99. The molecular weight excluding hydrogens is 580 g/mol. The topological polar surface area (TPSA) is 122 Å². The third-order valence-electron chi connectivity index (χ3n) is 8.81. The van der Waals surface area contributed by atoms with Crippen molar-refractivity contribution in [2.45, 2.75) is 43.9 Å². The van der Waals surface area contributed by atoms with Gasteiger partial charge in [0, 0.05) is 4.47 Å². The van der Waals surface area contributed by atoms with E-state index in [1.54, 1.807) is 12.1 Å². The molecule has 40 heavy (non-hydrogen) atoms. The van der Waals surface area contributed by atoms with E-state index in [2.05, 4.69) is 21.2 Å². The minimum atomic E-state index is -1.15. The van der Waals surface area contributed by atoms with Crippen molar-refractivity contribution in [3.63, 3.8) is 0 Å². The molecule has 2 aromatic rings. The normalized spacial score (nSPS) is 28.1. The Hall–Kier alpha value is -3.66. The number of nitrogens with zero attached hydrogens (tertiary/aromatic N) is 1. The fraction of sp³-hybridized carbons (Fsp3) is 0.400. The summed E-state index contributed by atoms with van der Waals surface area (Å²) in [6, 6.07) is 9.88. The number of methoxy groups -OCH3 is 1. The summed E-state index contributed by atoms with van der Waals surface area (Å²) in [5.41, 5.74) is 2.03. The molecule has 2 aromatic carbocycles. The van der Waals surface area contributed by atoms with Crippen molar-refractivity contribution in [2.24, 2.45) is 17.8 Å². The summed E-state index contributed by atoms with van der Waals surface area (Å²) >= 11 is 3.38. The second-order valence-electron chi connectivity index (χ2n) is 11.4. The molecule has 0 unspecified atom stereocenters. The smallest absolute Gasteiger partial charge is 0.341 e. The van der Waals surface area contributed by atoms with Crippen LogP contribution in [0.1, 0.15) is 49.7 Å². The number of hydrogen-bond acceptors (Lipinski definition) is 6. The number of benzene rings is 2. The van der Waals surface area contributed by atoms with Gasteiger partial charge in [0.2, 0.25) is 0 Å². The number of amides is 4. The molecule has 1 saturated heterocycles. The van der Waals surface area contributed by atoms with E-state index < -0.39 is 30.4 Å². The molecule has 4 saturated carbocycles. The predicted molar refractivity (Wildman–Crippen MR) is 149 cm³/mol. The second kappa shape index (κ2) is 10.1. The van der Waals surface area contributed by atoms with Gasteiger partial charge in [0.25, 0.3) is 11.8 Å². The van der Waals surface area contributed by atoms with Gasteiger partial charge in [-0.25, -0.2) is 14.5 Å². The third kappa shape index (κ3) is 4.68. The summed E-state index contributed by atoms with van der Waals surface area (Å²) in [5, 5.41) is 11.2. The molecule has 2 N–H and O–H groups in total. The summed E-state index contributed by atoms with van der Waals surface area (Å²) in [4.78, 5) is 50.9. The molecule has 7 rings (SSSR count). The SMILES string of the molecule is COc1cc(/C=C2\C(=O)NC(=O)N(c3ccc(C45CC6CC(CC(C6)C4)C5)cc3)C2=O)c(Br)cc1OCC(=O)O.